The van der Waals surface area contributed by atoms with Gasteiger partial charge in [-0.3, -0.25) is 0 Å². The fourth-order valence-electron chi connectivity index (χ4n) is 1.67. The number of hydrogen-bond donors (Lipinski definition) is 1. The van der Waals surface area contributed by atoms with Gasteiger partial charge in [-0.1, -0.05) is 6.92 Å². The summed E-state index contributed by atoms with van der Waals surface area (Å²) in [5.74, 6) is 0.251. The van der Waals surface area contributed by atoms with Crippen LogP contribution in [0.1, 0.15) is 37.0 Å². The molecule has 1 atom stereocenters. The van der Waals surface area contributed by atoms with Gasteiger partial charge in [0.2, 0.25) is 0 Å². The molecule has 1 aromatic heterocycles. The summed E-state index contributed by atoms with van der Waals surface area (Å²) in [5, 5.41) is 3.27. The van der Waals surface area contributed by atoms with Crippen LogP contribution in [0.2, 0.25) is 0 Å². The third-order valence-corrected chi connectivity index (χ3v) is 3.22. The van der Waals surface area contributed by atoms with E-state index < -0.39 is 9.84 Å². The van der Waals surface area contributed by atoms with Crippen molar-refractivity contribution in [2.75, 3.05) is 12.8 Å². The van der Waals surface area contributed by atoms with Crippen LogP contribution >= 0.6 is 0 Å². The fourth-order valence-corrected chi connectivity index (χ4v) is 2.28. The third-order valence-electron chi connectivity index (χ3n) is 2.44. The minimum Gasteiger partial charge on any atom is -0.310 e. The monoisotopic (exact) mass is 257 g/mol. The lowest BCUT2D eigenvalue weighted by atomic mass is 10.1. The first-order valence-corrected chi connectivity index (χ1v) is 7.63. The Morgan fingerprint density at radius 1 is 1.47 bits per heavy atom. The Hall–Kier alpha value is -1.01. The van der Waals surface area contributed by atoms with Crippen molar-refractivity contribution >= 4 is 9.84 Å². The molecule has 1 unspecified atom stereocenters. The average molecular weight is 257 g/mol. The van der Waals surface area contributed by atoms with E-state index in [4.69, 9.17) is 0 Å². The van der Waals surface area contributed by atoms with Gasteiger partial charge in [-0.15, -0.1) is 0 Å². The number of aryl methyl sites for hydroxylation is 1. The predicted octanol–water partition coefficient (Wildman–Crippen LogP) is 1.00. The number of rotatable bonds is 5. The van der Waals surface area contributed by atoms with Crippen LogP contribution in [0.3, 0.4) is 0 Å². The smallest absolute Gasteiger partial charge is 0.154 e. The highest BCUT2D eigenvalue weighted by atomic mass is 32.2. The summed E-state index contributed by atoms with van der Waals surface area (Å²) in [4.78, 5) is 8.33. The second kappa shape index (κ2) is 5.55. The minimum absolute atomic E-state index is 0.107. The highest BCUT2D eigenvalue weighted by molar-refractivity contribution is 7.89. The van der Waals surface area contributed by atoms with Gasteiger partial charge < -0.3 is 5.32 Å². The van der Waals surface area contributed by atoms with Crippen LogP contribution in [0.5, 0.6) is 0 Å². The molecule has 96 valence electrons. The molecule has 1 heterocycles. The van der Waals surface area contributed by atoms with Crippen LogP contribution in [-0.4, -0.2) is 31.2 Å². The number of nitrogens with zero attached hydrogens (tertiary/aromatic N) is 2. The summed E-state index contributed by atoms with van der Waals surface area (Å²) in [5.41, 5.74) is 1.83. The van der Waals surface area contributed by atoms with Gasteiger partial charge in [-0.25, -0.2) is 18.4 Å². The standard InChI is InChI=1S/C11H19N3O2S/c1-5-12-8(2)10-6-13-11(14-9(10)3)7-17(4,15)16/h6,8,12H,5,7H2,1-4H3. The summed E-state index contributed by atoms with van der Waals surface area (Å²) >= 11 is 0. The Kier molecular flexibility index (Phi) is 4.59. The van der Waals surface area contributed by atoms with Gasteiger partial charge in [0.05, 0.1) is 0 Å². The van der Waals surface area contributed by atoms with E-state index >= 15 is 0 Å². The van der Waals surface area contributed by atoms with E-state index in [0.717, 1.165) is 17.8 Å². The molecule has 1 aromatic rings. The SMILES string of the molecule is CCNC(C)c1cnc(CS(C)(=O)=O)nc1C. The highest BCUT2D eigenvalue weighted by Gasteiger charge is 2.12. The molecule has 0 radical (unpaired) electrons. The Bertz CT molecular complexity index is 485. The van der Waals surface area contributed by atoms with Crippen LogP contribution in [0.15, 0.2) is 6.20 Å². The van der Waals surface area contributed by atoms with E-state index in [1.54, 1.807) is 6.20 Å². The van der Waals surface area contributed by atoms with Crippen molar-refractivity contribution in [3.63, 3.8) is 0 Å². The average Bonchev–Trinajstić information content (AvgIpc) is 2.15. The van der Waals surface area contributed by atoms with E-state index in [2.05, 4.69) is 15.3 Å². The van der Waals surface area contributed by atoms with Crippen LogP contribution < -0.4 is 5.32 Å². The largest absolute Gasteiger partial charge is 0.310 e. The van der Waals surface area contributed by atoms with Gasteiger partial charge in [0, 0.05) is 29.8 Å². The number of hydrogen-bond acceptors (Lipinski definition) is 5. The summed E-state index contributed by atoms with van der Waals surface area (Å²) in [7, 11) is -3.08. The van der Waals surface area contributed by atoms with Gasteiger partial charge >= 0.3 is 0 Å². The zero-order valence-electron chi connectivity index (χ0n) is 10.7. The molecule has 0 aliphatic heterocycles. The number of sulfone groups is 1. The van der Waals surface area contributed by atoms with Crippen LogP contribution in [-0.2, 0) is 15.6 Å². The summed E-state index contributed by atoms with van der Waals surface area (Å²) in [6.07, 6.45) is 2.89. The zero-order chi connectivity index (χ0) is 13.1. The lowest BCUT2D eigenvalue weighted by molar-refractivity contribution is 0.587. The molecular formula is C11H19N3O2S. The molecule has 1 N–H and O–H groups in total. The van der Waals surface area contributed by atoms with Crippen LogP contribution in [0.25, 0.3) is 0 Å². The third kappa shape index (κ3) is 4.40. The Labute approximate surface area is 103 Å². The number of aromatic nitrogens is 2. The molecule has 0 amide bonds. The first kappa shape index (κ1) is 14.1. The fraction of sp³-hybridized carbons (Fsp3) is 0.636. The molecule has 1 rings (SSSR count). The molecule has 0 fully saturated rings. The van der Waals surface area contributed by atoms with Crippen LogP contribution in [0.4, 0.5) is 0 Å². The molecule has 5 nitrogen and oxygen atoms in total. The highest BCUT2D eigenvalue weighted by Crippen LogP contribution is 2.14. The van der Waals surface area contributed by atoms with Crippen molar-refractivity contribution in [2.45, 2.75) is 32.6 Å². The van der Waals surface area contributed by atoms with Gasteiger partial charge in [0.25, 0.3) is 0 Å². The van der Waals surface area contributed by atoms with E-state index in [0.29, 0.717) is 5.82 Å². The maximum atomic E-state index is 11.1. The second-order valence-corrected chi connectivity index (χ2v) is 6.32. The predicted molar refractivity (Wildman–Crippen MR) is 67.4 cm³/mol. The molecule has 6 heteroatoms. The van der Waals surface area contributed by atoms with Gasteiger partial charge in [-0.2, -0.15) is 0 Å². The zero-order valence-corrected chi connectivity index (χ0v) is 11.5. The number of nitrogens with one attached hydrogen (secondary N) is 1. The molecule has 0 spiro atoms. The topological polar surface area (TPSA) is 72.0 Å². The molecule has 0 saturated carbocycles. The normalized spacial score (nSPS) is 13.6. The molecule has 0 saturated heterocycles. The maximum absolute atomic E-state index is 11.1. The molecule has 0 aliphatic carbocycles. The molecular weight excluding hydrogens is 238 g/mol. The van der Waals surface area contributed by atoms with Crippen molar-refractivity contribution in [1.82, 2.24) is 15.3 Å². The van der Waals surface area contributed by atoms with Crippen molar-refractivity contribution in [3.8, 4) is 0 Å². The first-order valence-electron chi connectivity index (χ1n) is 5.57. The summed E-state index contributed by atoms with van der Waals surface area (Å²) < 4.78 is 22.3. The van der Waals surface area contributed by atoms with Crippen molar-refractivity contribution in [2.24, 2.45) is 0 Å². The second-order valence-electron chi connectivity index (χ2n) is 4.18. The lowest BCUT2D eigenvalue weighted by Crippen LogP contribution is -2.20. The molecule has 0 aromatic carbocycles. The van der Waals surface area contributed by atoms with Crippen molar-refractivity contribution < 1.29 is 8.42 Å². The summed E-state index contributed by atoms with van der Waals surface area (Å²) in [6, 6.07) is 0.173. The molecule has 17 heavy (non-hydrogen) atoms. The minimum atomic E-state index is -3.08. The first-order chi connectivity index (χ1) is 7.83. The lowest BCUT2D eigenvalue weighted by Gasteiger charge is -2.14. The molecule has 0 aliphatic rings. The Morgan fingerprint density at radius 3 is 2.59 bits per heavy atom. The Balaban J connectivity index is 2.94. The van der Waals surface area contributed by atoms with Gasteiger partial charge in [-0.05, 0) is 20.4 Å². The summed E-state index contributed by atoms with van der Waals surface area (Å²) in [6.45, 7) is 6.80. The van der Waals surface area contributed by atoms with E-state index in [1.807, 2.05) is 20.8 Å². The maximum Gasteiger partial charge on any atom is 0.154 e. The van der Waals surface area contributed by atoms with Gasteiger partial charge in [0.1, 0.15) is 11.6 Å². The quantitative estimate of drug-likeness (QED) is 0.852. The van der Waals surface area contributed by atoms with E-state index in [1.165, 1.54) is 6.26 Å². The molecule has 0 bridgehead atoms. The van der Waals surface area contributed by atoms with E-state index in [-0.39, 0.29) is 11.8 Å². The van der Waals surface area contributed by atoms with Crippen molar-refractivity contribution in [3.05, 3.63) is 23.3 Å². The Morgan fingerprint density at radius 2 is 2.12 bits per heavy atom. The van der Waals surface area contributed by atoms with Crippen molar-refractivity contribution in [1.29, 1.82) is 0 Å². The van der Waals surface area contributed by atoms with Crippen LogP contribution in [0, 0.1) is 6.92 Å². The van der Waals surface area contributed by atoms with Gasteiger partial charge in [0.15, 0.2) is 9.84 Å². The van der Waals surface area contributed by atoms with E-state index in [9.17, 15) is 8.42 Å².